The van der Waals surface area contributed by atoms with E-state index in [1.54, 1.807) is 0 Å². The first kappa shape index (κ1) is 19.7. The lowest BCUT2D eigenvalue weighted by Crippen LogP contribution is -2.48. The number of hydrogen-bond donors (Lipinski definition) is 1. The van der Waals surface area contributed by atoms with Crippen molar-refractivity contribution in [3.8, 4) is 5.88 Å². The fraction of sp³-hybridized carbons (Fsp3) is 0.478. The van der Waals surface area contributed by atoms with Crippen LogP contribution in [0.5, 0.6) is 5.88 Å². The summed E-state index contributed by atoms with van der Waals surface area (Å²) in [6, 6.07) is 12.4. The van der Waals surface area contributed by atoms with Crippen LogP contribution < -0.4 is 10.1 Å². The highest BCUT2D eigenvalue weighted by Crippen LogP contribution is 2.29. The minimum Gasteiger partial charge on any atom is -0.477 e. The second-order valence-electron chi connectivity index (χ2n) is 7.82. The number of aryl methyl sites for hydroxylation is 1. The Balaban J connectivity index is 1.32. The number of guanidine groups is 1. The monoisotopic (exact) mass is 394 g/mol. The molecule has 2 heterocycles. The molecule has 4 rings (SSSR count). The van der Waals surface area contributed by atoms with E-state index in [1.165, 1.54) is 24.0 Å². The average molecular weight is 395 g/mol. The molecule has 6 heteroatoms. The van der Waals surface area contributed by atoms with Crippen molar-refractivity contribution in [3.05, 3.63) is 59.3 Å². The van der Waals surface area contributed by atoms with Gasteiger partial charge in [-0.25, -0.2) is 4.98 Å². The highest BCUT2D eigenvalue weighted by molar-refractivity contribution is 5.80. The number of aromatic nitrogens is 1. The van der Waals surface area contributed by atoms with E-state index in [0.29, 0.717) is 19.0 Å². The number of pyridine rings is 1. The zero-order valence-electron chi connectivity index (χ0n) is 17.3. The Kier molecular flexibility index (Phi) is 6.30. The summed E-state index contributed by atoms with van der Waals surface area (Å²) in [5.74, 6) is 2.33. The molecule has 1 aliphatic carbocycles. The van der Waals surface area contributed by atoms with Crippen LogP contribution in [0.1, 0.15) is 35.6 Å². The molecule has 1 saturated carbocycles. The molecule has 0 amide bonds. The first-order chi connectivity index (χ1) is 14.2. The van der Waals surface area contributed by atoms with E-state index in [-0.39, 0.29) is 6.10 Å². The first-order valence-corrected chi connectivity index (χ1v) is 10.4. The molecule has 2 aliphatic rings. The summed E-state index contributed by atoms with van der Waals surface area (Å²) in [5.41, 5.74) is 3.62. The number of nitrogens with zero attached hydrogens (tertiary/aromatic N) is 3. The van der Waals surface area contributed by atoms with Gasteiger partial charge >= 0.3 is 0 Å². The van der Waals surface area contributed by atoms with Crippen molar-refractivity contribution in [2.24, 2.45) is 10.9 Å². The Morgan fingerprint density at radius 1 is 1.28 bits per heavy atom. The van der Waals surface area contributed by atoms with Gasteiger partial charge in [0.05, 0.1) is 19.8 Å². The van der Waals surface area contributed by atoms with Crippen molar-refractivity contribution in [1.82, 2.24) is 15.2 Å². The van der Waals surface area contributed by atoms with Gasteiger partial charge in [-0.15, -0.1) is 0 Å². The summed E-state index contributed by atoms with van der Waals surface area (Å²) >= 11 is 0. The van der Waals surface area contributed by atoms with Crippen LogP contribution in [0, 0.1) is 12.8 Å². The van der Waals surface area contributed by atoms with Gasteiger partial charge < -0.3 is 19.7 Å². The number of rotatable bonds is 6. The minimum absolute atomic E-state index is 0.0630. The standard InChI is InChI=1S/C23H30N4O2/c1-17-5-3-4-6-20(17)21-15-27(11-12-28-21)23(24-2)26-14-19-9-10-22(25-13-19)29-16-18-7-8-18/h3-6,9-10,13,18,21H,7-8,11-12,14-16H2,1-2H3,(H,24,26). The fourth-order valence-electron chi connectivity index (χ4n) is 3.58. The molecule has 1 saturated heterocycles. The van der Waals surface area contributed by atoms with Gasteiger partial charge in [0, 0.05) is 32.4 Å². The molecule has 2 fully saturated rings. The van der Waals surface area contributed by atoms with Gasteiger partial charge in [-0.2, -0.15) is 0 Å². The Morgan fingerprint density at radius 2 is 2.14 bits per heavy atom. The predicted octanol–water partition coefficient (Wildman–Crippen LogP) is 3.33. The van der Waals surface area contributed by atoms with Gasteiger partial charge in [-0.05, 0) is 42.4 Å². The minimum atomic E-state index is 0.0630. The molecule has 0 bridgehead atoms. The van der Waals surface area contributed by atoms with Crippen LogP contribution in [0.25, 0.3) is 0 Å². The lowest BCUT2D eigenvalue weighted by molar-refractivity contribution is -0.00834. The lowest BCUT2D eigenvalue weighted by atomic mass is 10.0. The molecular weight excluding hydrogens is 364 g/mol. The molecule has 1 aromatic heterocycles. The van der Waals surface area contributed by atoms with E-state index in [9.17, 15) is 0 Å². The maximum atomic E-state index is 6.04. The van der Waals surface area contributed by atoms with Crippen molar-refractivity contribution in [2.45, 2.75) is 32.4 Å². The fourth-order valence-corrected chi connectivity index (χ4v) is 3.58. The van der Waals surface area contributed by atoms with E-state index in [2.05, 4.69) is 57.4 Å². The number of ether oxygens (including phenoxy) is 2. The van der Waals surface area contributed by atoms with Crippen molar-refractivity contribution in [2.75, 3.05) is 33.4 Å². The molecule has 1 unspecified atom stereocenters. The molecule has 1 aliphatic heterocycles. The van der Waals surface area contributed by atoms with Gasteiger partial charge in [0.15, 0.2) is 5.96 Å². The first-order valence-electron chi connectivity index (χ1n) is 10.4. The Labute approximate surface area is 173 Å². The number of aliphatic imine (C=N–C) groups is 1. The third kappa shape index (κ3) is 5.26. The smallest absolute Gasteiger partial charge is 0.213 e. The molecule has 2 aromatic rings. The molecule has 0 radical (unpaired) electrons. The second kappa shape index (κ2) is 9.27. The van der Waals surface area contributed by atoms with E-state index < -0.39 is 0 Å². The largest absolute Gasteiger partial charge is 0.477 e. The van der Waals surface area contributed by atoms with E-state index >= 15 is 0 Å². The summed E-state index contributed by atoms with van der Waals surface area (Å²) < 4.78 is 11.8. The van der Waals surface area contributed by atoms with Gasteiger partial charge in [-0.1, -0.05) is 30.3 Å². The number of morpholine rings is 1. The average Bonchev–Trinajstić information content (AvgIpc) is 3.59. The van der Waals surface area contributed by atoms with Crippen LogP contribution in [0.3, 0.4) is 0 Å². The van der Waals surface area contributed by atoms with Gasteiger partial charge in [-0.3, -0.25) is 4.99 Å². The van der Waals surface area contributed by atoms with Crippen LogP contribution in [0.15, 0.2) is 47.6 Å². The lowest BCUT2D eigenvalue weighted by Gasteiger charge is -2.35. The Hall–Kier alpha value is -2.60. The number of benzene rings is 1. The van der Waals surface area contributed by atoms with Crippen molar-refractivity contribution in [1.29, 1.82) is 0 Å². The van der Waals surface area contributed by atoms with Crippen LogP contribution in [-0.2, 0) is 11.3 Å². The third-order valence-corrected chi connectivity index (χ3v) is 5.53. The molecule has 29 heavy (non-hydrogen) atoms. The highest BCUT2D eigenvalue weighted by Gasteiger charge is 2.25. The third-order valence-electron chi connectivity index (χ3n) is 5.53. The highest BCUT2D eigenvalue weighted by atomic mass is 16.5. The quantitative estimate of drug-likeness (QED) is 0.602. The van der Waals surface area contributed by atoms with Crippen LogP contribution >= 0.6 is 0 Å². The topological polar surface area (TPSA) is 59.0 Å². The normalized spacial score (nSPS) is 19.9. The van der Waals surface area contributed by atoms with E-state index in [4.69, 9.17) is 9.47 Å². The van der Waals surface area contributed by atoms with Crippen LogP contribution in [0.2, 0.25) is 0 Å². The molecule has 0 spiro atoms. The molecule has 1 atom stereocenters. The van der Waals surface area contributed by atoms with Crippen LogP contribution in [-0.4, -0.2) is 49.2 Å². The Morgan fingerprint density at radius 3 is 2.86 bits per heavy atom. The SMILES string of the molecule is CN=C(NCc1ccc(OCC2CC2)nc1)N1CCOC(c2ccccc2C)C1. The predicted molar refractivity (Wildman–Crippen MR) is 114 cm³/mol. The summed E-state index contributed by atoms with van der Waals surface area (Å²) in [5, 5.41) is 3.46. The van der Waals surface area contributed by atoms with Gasteiger partial charge in [0.1, 0.15) is 6.10 Å². The number of nitrogens with one attached hydrogen (secondary N) is 1. The summed E-state index contributed by atoms with van der Waals surface area (Å²) in [4.78, 5) is 11.2. The van der Waals surface area contributed by atoms with Crippen molar-refractivity contribution >= 4 is 5.96 Å². The molecule has 6 nitrogen and oxygen atoms in total. The molecule has 1 aromatic carbocycles. The van der Waals surface area contributed by atoms with Gasteiger partial charge in [0.25, 0.3) is 0 Å². The van der Waals surface area contributed by atoms with Crippen molar-refractivity contribution < 1.29 is 9.47 Å². The summed E-state index contributed by atoms with van der Waals surface area (Å²) in [7, 11) is 1.83. The Bertz CT molecular complexity index is 833. The number of hydrogen-bond acceptors (Lipinski definition) is 4. The molecule has 1 N–H and O–H groups in total. The molecule has 154 valence electrons. The maximum absolute atomic E-state index is 6.04. The zero-order chi connectivity index (χ0) is 20.1. The maximum Gasteiger partial charge on any atom is 0.213 e. The van der Waals surface area contributed by atoms with E-state index in [0.717, 1.165) is 37.1 Å². The van der Waals surface area contributed by atoms with Crippen molar-refractivity contribution in [3.63, 3.8) is 0 Å². The molecular formula is C23H30N4O2. The van der Waals surface area contributed by atoms with Crippen LogP contribution in [0.4, 0.5) is 0 Å². The zero-order valence-corrected chi connectivity index (χ0v) is 17.3. The summed E-state index contributed by atoms with van der Waals surface area (Å²) in [6.07, 6.45) is 4.51. The second-order valence-corrected chi connectivity index (χ2v) is 7.82. The van der Waals surface area contributed by atoms with Gasteiger partial charge in [0.2, 0.25) is 5.88 Å². The van der Waals surface area contributed by atoms with E-state index in [1.807, 2.05) is 19.3 Å². The summed E-state index contributed by atoms with van der Waals surface area (Å²) in [6.45, 7) is 5.90.